The molecule has 1 aliphatic rings. The van der Waals surface area contributed by atoms with Gasteiger partial charge in [-0.1, -0.05) is 59.9 Å². The van der Waals surface area contributed by atoms with Crippen LogP contribution in [0.1, 0.15) is 66.6 Å². The van der Waals surface area contributed by atoms with Crippen LogP contribution in [-0.2, 0) is 31.7 Å². The molecule has 2 heterocycles. The first kappa shape index (κ1) is 48.8. The number of nitro benzene ring substituents is 1. The van der Waals surface area contributed by atoms with Gasteiger partial charge in [0.25, 0.3) is 11.6 Å². The third-order valence-electron chi connectivity index (χ3n) is 8.44. The zero-order chi connectivity index (χ0) is 44.2. The number of anilines is 1. The van der Waals surface area contributed by atoms with E-state index in [9.17, 15) is 37.7 Å². The van der Waals surface area contributed by atoms with Crippen LogP contribution in [0, 0.1) is 17.0 Å². The zero-order valence-corrected chi connectivity index (χ0v) is 35.3. The van der Waals surface area contributed by atoms with Crippen molar-refractivity contribution in [2.24, 2.45) is 0 Å². The molecule has 0 spiro atoms. The topological polar surface area (TPSA) is 162 Å². The number of hydrogen-bond donors (Lipinski definition) is 1. The van der Waals surface area contributed by atoms with E-state index in [-0.39, 0.29) is 47.1 Å². The van der Waals surface area contributed by atoms with Crippen LogP contribution in [-0.4, -0.2) is 69.0 Å². The number of hydrogen-bond acceptors (Lipinski definition) is 9. The molecular weight excluding hydrogens is 869 g/mol. The molecule has 20 heteroatoms. The largest absolute Gasteiger partial charge is 0.477 e. The number of rotatable bonds is 12. The molecular formula is C39H40Cl4F3N3O10. The fourth-order valence-corrected chi connectivity index (χ4v) is 6.23. The predicted molar refractivity (Wildman–Crippen MR) is 216 cm³/mol. The van der Waals surface area contributed by atoms with E-state index in [1.807, 2.05) is 38.1 Å². The van der Waals surface area contributed by atoms with Crippen LogP contribution in [0.2, 0.25) is 5.02 Å². The first-order valence-electron chi connectivity index (χ1n) is 17.6. The second kappa shape index (κ2) is 21.6. The molecule has 320 valence electrons. The molecule has 13 nitrogen and oxygen atoms in total. The lowest BCUT2D eigenvalue weighted by atomic mass is 10.0. The third-order valence-corrected chi connectivity index (χ3v) is 9.33. The summed E-state index contributed by atoms with van der Waals surface area (Å²) >= 11 is 22.6. The number of carboxylic acid groups (broad SMARTS) is 1. The van der Waals surface area contributed by atoms with Crippen molar-refractivity contribution in [3.63, 3.8) is 0 Å². The lowest BCUT2D eigenvalue weighted by Gasteiger charge is -2.29. The van der Waals surface area contributed by atoms with Gasteiger partial charge < -0.3 is 28.6 Å². The Bertz CT molecular complexity index is 2090. The van der Waals surface area contributed by atoms with Gasteiger partial charge in [-0.15, -0.1) is 11.6 Å². The van der Waals surface area contributed by atoms with Gasteiger partial charge in [-0.2, -0.15) is 13.2 Å². The van der Waals surface area contributed by atoms with Gasteiger partial charge >= 0.3 is 12.1 Å². The third kappa shape index (κ3) is 13.2. The SMILES string of the molecule is CC1(C)OC(c2ccco2)CN1C(=O)C(Cl)Cl.CCOCN(C(=O)CCl)c1c(C)cccc1CC.O=C(O)c1cc(Oc2ccc(C(F)(F)F)cc2Cl)ccc1[N+](=O)[O-]. The second-order valence-electron chi connectivity index (χ2n) is 12.8. The summed E-state index contributed by atoms with van der Waals surface area (Å²) in [6.07, 6.45) is -2.42. The Balaban J connectivity index is 0.000000241. The number of alkyl halides is 6. The van der Waals surface area contributed by atoms with Gasteiger partial charge in [-0.3, -0.25) is 24.6 Å². The summed E-state index contributed by atoms with van der Waals surface area (Å²) in [6.45, 7) is 10.8. The van der Waals surface area contributed by atoms with E-state index in [0.717, 1.165) is 53.6 Å². The molecule has 1 atom stereocenters. The van der Waals surface area contributed by atoms with E-state index in [1.54, 1.807) is 31.1 Å². The van der Waals surface area contributed by atoms with Crippen molar-refractivity contribution in [2.75, 3.05) is 30.7 Å². The number of ether oxygens (including phenoxy) is 3. The quantitative estimate of drug-likeness (QED) is 0.0627. The molecule has 2 amide bonds. The fourth-order valence-electron chi connectivity index (χ4n) is 5.63. The van der Waals surface area contributed by atoms with E-state index in [0.29, 0.717) is 25.0 Å². The van der Waals surface area contributed by atoms with Crippen LogP contribution in [0.4, 0.5) is 24.5 Å². The number of carbonyl (C=O) groups is 3. The number of benzene rings is 3. The second-order valence-corrected chi connectivity index (χ2v) is 14.6. The van der Waals surface area contributed by atoms with Gasteiger partial charge in [0.2, 0.25) is 5.91 Å². The first-order valence-corrected chi connectivity index (χ1v) is 19.3. The Labute approximate surface area is 357 Å². The number of nitro groups is 1. The number of nitrogens with zero attached hydrogens (tertiary/aromatic N) is 3. The summed E-state index contributed by atoms with van der Waals surface area (Å²) < 4.78 is 59.3. The molecule has 0 radical (unpaired) electrons. The average Bonchev–Trinajstić information content (AvgIpc) is 3.83. The highest BCUT2D eigenvalue weighted by Crippen LogP contribution is 2.38. The van der Waals surface area contributed by atoms with Gasteiger partial charge in [-0.25, -0.2) is 4.79 Å². The number of amides is 2. The summed E-state index contributed by atoms with van der Waals surface area (Å²) in [7, 11) is 0. The summed E-state index contributed by atoms with van der Waals surface area (Å²) in [5.41, 5.74) is 0.139. The fraction of sp³-hybridized carbons (Fsp3) is 0.359. The van der Waals surface area contributed by atoms with E-state index >= 15 is 0 Å². The highest BCUT2D eigenvalue weighted by atomic mass is 35.5. The maximum Gasteiger partial charge on any atom is 0.416 e. The summed E-state index contributed by atoms with van der Waals surface area (Å²) in [5.74, 6) is -1.67. The molecule has 3 aromatic carbocycles. The van der Waals surface area contributed by atoms with Crippen molar-refractivity contribution >= 4 is 75.6 Å². The number of para-hydroxylation sites is 1. The molecule has 59 heavy (non-hydrogen) atoms. The Morgan fingerprint density at radius 3 is 2.31 bits per heavy atom. The van der Waals surface area contributed by atoms with Crippen molar-refractivity contribution in [3.05, 3.63) is 116 Å². The maximum atomic E-state index is 12.6. The maximum absolute atomic E-state index is 12.6. The number of furan rings is 1. The number of aryl methyl sites for hydroxylation is 2. The summed E-state index contributed by atoms with van der Waals surface area (Å²) in [5, 5.41) is 19.4. The van der Waals surface area contributed by atoms with Gasteiger partial charge in [0, 0.05) is 18.7 Å². The molecule has 1 unspecified atom stereocenters. The molecule has 0 aliphatic carbocycles. The van der Waals surface area contributed by atoms with Crippen molar-refractivity contribution in [1.82, 2.24) is 4.90 Å². The summed E-state index contributed by atoms with van der Waals surface area (Å²) in [6, 6.07) is 14.9. The number of halogens is 7. The average molecular weight is 910 g/mol. The molecule has 5 rings (SSSR count). The first-order chi connectivity index (χ1) is 27.7. The van der Waals surface area contributed by atoms with Crippen LogP contribution in [0.15, 0.2) is 77.4 Å². The molecule has 0 saturated carbocycles. The van der Waals surface area contributed by atoms with E-state index in [2.05, 4.69) is 6.92 Å². The highest BCUT2D eigenvalue weighted by Gasteiger charge is 2.45. The summed E-state index contributed by atoms with van der Waals surface area (Å²) in [4.78, 5) is 46.8. The number of aromatic carboxylic acids is 1. The van der Waals surface area contributed by atoms with Crippen molar-refractivity contribution < 1.29 is 56.2 Å². The molecule has 4 aromatic rings. The van der Waals surface area contributed by atoms with Crippen LogP contribution < -0.4 is 9.64 Å². The highest BCUT2D eigenvalue weighted by molar-refractivity contribution is 6.53. The van der Waals surface area contributed by atoms with Gasteiger partial charge in [0.05, 0.1) is 34.0 Å². The molecule has 1 aliphatic heterocycles. The Kier molecular flexibility index (Phi) is 17.9. The standard InChI is InChI=1S/C14H7ClF3NO5.C14H20ClNO2.C11H13Cl2NO3/c15-10-5-7(14(16,17)18)1-4-12(10)24-8-2-3-11(19(22)23)9(6-8)13(20)21;1-4-12-8-6-7-11(3)14(12)16(10-18-5-2)13(17)9-15;1-11(2)14(10(15)9(12)13)6-8(17-11)7-4-3-5-16-7/h1-6H,(H,20,21);6-8H,4-5,9-10H2,1-3H3;3-5,8-9H,6H2,1-2H3. The molecule has 1 fully saturated rings. The molecule has 1 aromatic heterocycles. The van der Waals surface area contributed by atoms with Crippen molar-refractivity contribution in [3.8, 4) is 11.5 Å². The smallest absolute Gasteiger partial charge is 0.416 e. The monoisotopic (exact) mass is 907 g/mol. The van der Waals surface area contributed by atoms with Crippen LogP contribution in [0.3, 0.4) is 0 Å². The van der Waals surface area contributed by atoms with Gasteiger partial charge in [0.1, 0.15) is 47.3 Å². The van der Waals surface area contributed by atoms with Crippen LogP contribution in [0.5, 0.6) is 11.5 Å². The number of carbonyl (C=O) groups excluding carboxylic acids is 2. The molecule has 0 bridgehead atoms. The Morgan fingerprint density at radius 2 is 1.78 bits per heavy atom. The zero-order valence-electron chi connectivity index (χ0n) is 32.2. The molecule has 1 N–H and O–H groups in total. The van der Waals surface area contributed by atoms with E-state index < -0.39 is 44.4 Å². The van der Waals surface area contributed by atoms with E-state index in [1.165, 1.54) is 4.90 Å². The lowest BCUT2D eigenvalue weighted by molar-refractivity contribution is -0.385. The molecule has 1 saturated heterocycles. The van der Waals surface area contributed by atoms with Crippen molar-refractivity contribution in [1.29, 1.82) is 0 Å². The van der Waals surface area contributed by atoms with Gasteiger partial charge in [0.15, 0.2) is 4.84 Å². The van der Waals surface area contributed by atoms with Gasteiger partial charge in [-0.05, 0) is 81.6 Å². The van der Waals surface area contributed by atoms with Crippen LogP contribution in [0.25, 0.3) is 0 Å². The van der Waals surface area contributed by atoms with Crippen molar-refractivity contribution in [2.45, 2.75) is 63.9 Å². The Morgan fingerprint density at radius 1 is 1.08 bits per heavy atom. The normalized spacial score (nSPS) is 14.5. The Hall–Kier alpha value is -4.58. The lowest BCUT2D eigenvalue weighted by Crippen LogP contribution is -2.45. The predicted octanol–water partition coefficient (Wildman–Crippen LogP) is 10.6. The van der Waals surface area contributed by atoms with E-state index in [4.69, 9.17) is 70.1 Å². The minimum absolute atomic E-state index is 0.0371. The number of carboxylic acids is 1. The van der Waals surface area contributed by atoms with Crippen LogP contribution >= 0.6 is 46.4 Å². The minimum Gasteiger partial charge on any atom is -0.477 e. The minimum atomic E-state index is -4.58.